The van der Waals surface area contributed by atoms with Gasteiger partial charge in [-0.05, 0) is 48.8 Å². The molecular weight excluding hydrogens is 345 g/mol. The fraction of sp³-hybridized carbons (Fsp3) is 0.368. The lowest BCUT2D eigenvalue weighted by Gasteiger charge is -2.30. The van der Waals surface area contributed by atoms with Gasteiger partial charge in [0.25, 0.3) is 0 Å². The van der Waals surface area contributed by atoms with Gasteiger partial charge >= 0.3 is 6.36 Å². The molecule has 0 aromatic heterocycles. The van der Waals surface area contributed by atoms with E-state index in [0.29, 0.717) is 17.4 Å². The van der Waals surface area contributed by atoms with Crippen LogP contribution in [0.3, 0.4) is 0 Å². The number of alkyl halides is 3. The number of nitrogens with zero attached hydrogens (tertiary/aromatic N) is 2. The molecule has 7 heteroatoms. The minimum atomic E-state index is -4.73. The molecule has 2 aliphatic rings. The predicted octanol–water partition coefficient (Wildman–Crippen LogP) is 4.72. The van der Waals surface area contributed by atoms with Crippen molar-refractivity contribution in [1.82, 2.24) is 10.0 Å². The highest BCUT2D eigenvalue weighted by Gasteiger charge is 2.33. The number of methoxy groups -OCH3 is 1. The standard InChI is InChI=1S/C19H21F3N2O2/c1-5-16-12(2)17-10-13(8-9-24(17)23(16)3)15-7-6-14(11-18(15)25-4)26-19(20,21)22/h6-11,16H,5H2,1-4H3. The molecule has 0 saturated heterocycles. The van der Waals surface area contributed by atoms with Crippen LogP contribution in [0.5, 0.6) is 11.5 Å². The maximum Gasteiger partial charge on any atom is 0.573 e. The number of fused-ring (bicyclic) bond motifs is 1. The Balaban J connectivity index is 1.97. The van der Waals surface area contributed by atoms with Gasteiger partial charge in [-0.1, -0.05) is 6.92 Å². The predicted molar refractivity (Wildman–Crippen MR) is 93.2 cm³/mol. The molecule has 140 valence electrons. The minimum absolute atomic E-state index is 0.304. The van der Waals surface area contributed by atoms with Crippen LogP contribution in [0.25, 0.3) is 5.57 Å². The van der Waals surface area contributed by atoms with Gasteiger partial charge in [0.15, 0.2) is 0 Å². The Hall–Kier alpha value is -2.41. The molecule has 3 rings (SSSR count). The zero-order valence-electron chi connectivity index (χ0n) is 15.1. The lowest BCUT2D eigenvalue weighted by atomic mass is 9.99. The number of ether oxygens (including phenoxy) is 2. The maximum atomic E-state index is 12.4. The molecule has 2 heterocycles. The van der Waals surface area contributed by atoms with Crippen LogP contribution >= 0.6 is 0 Å². The van der Waals surface area contributed by atoms with E-state index < -0.39 is 6.36 Å². The Morgan fingerprint density at radius 3 is 2.58 bits per heavy atom. The molecule has 2 aliphatic heterocycles. The summed E-state index contributed by atoms with van der Waals surface area (Å²) in [4.78, 5) is 0. The van der Waals surface area contributed by atoms with Crippen molar-refractivity contribution < 1.29 is 22.6 Å². The molecule has 26 heavy (non-hydrogen) atoms. The number of halogens is 3. The zero-order chi connectivity index (χ0) is 19.1. The maximum absolute atomic E-state index is 12.4. The quantitative estimate of drug-likeness (QED) is 0.770. The van der Waals surface area contributed by atoms with Crippen LogP contribution in [0, 0.1) is 0 Å². The summed E-state index contributed by atoms with van der Waals surface area (Å²) < 4.78 is 46.5. The van der Waals surface area contributed by atoms with Crippen LogP contribution in [-0.2, 0) is 0 Å². The van der Waals surface area contributed by atoms with Crippen molar-refractivity contribution in [2.24, 2.45) is 0 Å². The highest BCUT2D eigenvalue weighted by atomic mass is 19.4. The summed E-state index contributed by atoms with van der Waals surface area (Å²) in [6, 6.07) is 4.46. The highest BCUT2D eigenvalue weighted by Crippen LogP contribution is 2.39. The van der Waals surface area contributed by atoms with Crippen molar-refractivity contribution in [2.75, 3.05) is 14.2 Å². The number of hydrogen-bond donors (Lipinski definition) is 0. The first kappa shape index (κ1) is 18.4. The van der Waals surface area contributed by atoms with Crippen LogP contribution < -0.4 is 9.47 Å². The van der Waals surface area contributed by atoms with Gasteiger partial charge in [0.2, 0.25) is 0 Å². The van der Waals surface area contributed by atoms with Gasteiger partial charge in [0.05, 0.1) is 18.8 Å². The highest BCUT2D eigenvalue weighted by molar-refractivity contribution is 5.81. The SMILES string of the molecule is CCC1C(C)=C2C=C(c3ccc(OC(F)(F)F)cc3OC)C=CN2N1C. The molecule has 0 N–H and O–H groups in total. The Morgan fingerprint density at radius 2 is 1.96 bits per heavy atom. The summed E-state index contributed by atoms with van der Waals surface area (Å²) in [6.45, 7) is 4.24. The number of benzene rings is 1. The molecule has 0 aliphatic carbocycles. The van der Waals surface area contributed by atoms with Crippen molar-refractivity contribution in [3.05, 3.63) is 53.4 Å². The first-order valence-corrected chi connectivity index (χ1v) is 8.32. The third-order valence-electron chi connectivity index (χ3n) is 4.73. The summed E-state index contributed by atoms with van der Waals surface area (Å²) in [7, 11) is 3.47. The first-order chi connectivity index (χ1) is 12.2. The van der Waals surface area contributed by atoms with Crippen molar-refractivity contribution in [3.8, 4) is 11.5 Å². The van der Waals surface area contributed by atoms with Gasteiger partial charge < -0.3 is 9.47 Å². The fourth-order valence-corrected chi connectivity index (χ4v) is 3.51. The van der Waals surface area contributed by atoms with E-state index in [4.69, 9.17) is 4.74 Å². The Labute approximate surface area is 150 Å². The Morgan fingerprint density at radius 1 is 1.23 bits per heavy atom. The average Bonchev–Trinajstić information content (AvgIpc) is 2.83. The average molecular weight is 366 g/mol. The Kier molecular flexibility index (Phi) is 4.75. The van der Waals surface area contributed by atoms with Crippen molar-refractivity contribution in [3.63, 3.8) is 0 Å². The molecule has 1 unspecified atom stereocenters. The summed E-state index contributed by atoms with van der Waals surface area (Å²) in [5.74, 6) is 0.0231. The smallest absolute Gasteiger partial charge is 0.496 e. The van der Waals surface area contributed by atoms with Gasteiger partial charge in [-0.2, -0.15) is 0 Å². The number of hydrazine groups is 1. The van der Waals surface area contributed by atoms with E-state index in [1.165, 1.54) is 24.8 Å². The number of rotatable bonds is 4. The summed E-state index contributed by atoms with van der Waals surface area (Å²) in [6.07, 6.45) is 2.18. The van der Waals surface area contributed by atoms with E-state index in [1.807, 2.05) is 25.4 Å². The number of likely N-dealkylation sites (N-methyl/N-ethyl adjacent to an activating group) is 1. The van der Waals surface area contributed by atoms with Gasteiger partial charge in [0, 0.05) is 24.9 Å². The van der Waals surface area contributed by atoms with Crippen molar-refractivity contribution in [1.29, 1.82) is 0 Å². The molecule has 0 radical (unpaired) electrons. The topological polar surface area (TPSA) is 24.9 Å². The van der Waals surface area contributed by atoms with Crippen molar-refractivity contribution in [2.45, 2.75) is 32.7 Å². The third kappa shape index (κ3) is 3.31. The molecule has 0 fully saturated rings. The largest absolute Gasteiger partial charge is 0.573 e. The van der Waals surface area contributed by atoms with Gasteiger partial charge in [0.1, 0.15) is 11.5 Å². The van der Waals surface area contributed by atoms with Gasteiger partial charge in [-0.25, -0.2) is 5.01 Å². The van der Waals surface area contributed by atoms with E-state index in [-0.39, 0.29) is 5.75 Å². The molecule has 1 atom stereocenters. The molecule has 1 aromatic carbocycles. The molecule has 0 saturated carbocycles. The van der Waals surface area contributed by atoms with Crippen LogP contribution in [0.15, 0.2) is 47.8 Å². The lowest BCUT2D eigenvalue weighted by Crippen LogP contribution is -2.36. The minimum Gasteiger partial charge on any atom is -0.496 e. The summed E-state index contributed by atoms with van der Waals surface area (Å²) in [5.41, 5.74) is 3.92. The van der Waals surface area contributed by atoms with E-state index in [9.17, 15) is 13.2 Å². The van der Waals surface area contributed by atoms with Crippen LogP contribution in [0.1, 0.15) is 25.8 Å². The van der Waals surface area contributed by atoms with E-state index >= 15 is 0 Å². The molecular formula is C19H21F3N2O2. The van der Waals surface area contributed by atoms with Gasteiger partial charge in [-0.3, -0.25) is 5.01 Å². The van der Waals surface area contributed by atoms with Crippen LogP contribution in [0.2, 0.25) is 0 Å². The monoisotopic (exact) mass is 366 g/mol. The van der Waals surface area contributed by atoms with Crippen LogP contribution in [-0.4, -0.2) is 36.6 Å². The summed E-state index contributed by atoms with van der Waals surface area (Å²) in [5, 5.41) is 4.26. The second-order valence-electron chi connectivity index (χ2n) is 6.24. The van der Waals surface area contributed by atoms with Gasteiger partial charge in [-0.15, -0.1) is 13.2 Å². The second-order valence-corrected chi connectivity index (χ2v) is 6.24. The normalized spacial score (nSPS) is 20.3. The van der Waals surface area contributed by atoms with E-state index in [2.05, 4.69) is 28.6 Å². The second kappa shape index (κ2) is 6.72. The molecule has 1 aromatic rings. The molecule has 4 nitrogen and oxygen atoms in total. The summed E-state index contributed by atoms with van der Waals surface area (Å²) >= 11 is 0. The van der Waals surface area contributed by atoms with E-state index in [0.717, 1.165) is 17.7 Å². The lowest BCUT2D eigenvalue weighted by molar-refractivity contribution is -0.274. The number of allylic oxidation sites excluding steroid dienone is 3. The molecule has 0 spiro atoms. The fourth-order valence-electron chi connectivity index (χ4n) is 3.51. The first-order valence-electron chi connectivity index (χ1n) is 8.32. The molecule has 0 amide bonds. The number of hydrogen-bond acceptors (Lipinski definition) is 4. The molecule has 0 bridgehead atoms. The van der Waals surface area contributed by atoms with Crippen LogP contribution in [0.4, 0.5) is 13.2 Å². The zero-order valence-corrected chi connectivity index (χ0v) is 15.1. The third-order valence-corrected chi connectivity index (χ3v) is 4.73. The Bertz CT molecular complexity index is 796. The van der Waals surface area contributed by atoms with Crippen molar-refractivity contribution >= 4 is 5.57 Å². The van der Waals surface area contributed by atoms with E-state index in [1.54, 1.807) is 6.07 Å².